The molecule has 1 N–H and O–H groups in total. The number of benzene rings is 1. The molecule has 1 saturated carbocycles. The van der Waals surface area contributed by atoms with Gasteiger partial charge in [0.15, 0.2) is 0 Å². The summed E-state index contributed by atoms with van der Waals surface area (Å²) in [7, 11) is 2.12. The standard InChI is InChI=1S/C17H26BrN/c1-3-5-13-8-9-17(19-2)15(10-13)11-14-6-4-7-16(18)12-14/h4,6-7,12-13,15,17,19H,3,5,8-11H2,1-2H3. The van der Waals surface area contributed by atoms with Gasteiger partial charge in [-0.25, -0.2) is 0 Å². The first-order valence-electron chi connectivity index (χ1n) is 7.64. The monoisotopic (exact) mass is 323 g/mol. The third-order valence-corrected chi connectivity index (χ3v) is 5.04. The van der Waals surface area contributed by atoms with Crippen LogP contribution in [0.1, 0.15) is 44.6 Å². The first-order valence-corrected chi connectivity index (χ1v) is 8.44. The third kappa shape index (κ3) is 4.32. The Balaban J connectivity index is 2.01. The Kier molecular flexibility index (Phi) is 5.90. The molecule has 0 aromatic heterocycles. The molecule has 0 saturated heterocycles. The molecule has 0 aliphatic heterocycles. The van der Waals surface area contributed by atoms with E-state index in [0.29, 0.717) is 6.04 Å². The van der Waals surface area contributed by atoms with Crippen LogP contribution in [0, 0.1) is 11.8 Å². The average Bonchev–Trinajstić information content (AvgIpc) is 2.39. The van der Waals surface area contributed by atoms with Gasteiger partial charge in [0.2, 0.25) is 0 Å². The molecule has 19 heavy (non-hydrogen) atoms. The van der Waals surface area contributed by atoms with Crippen LogP contribution in [0.3, 0.4) is 0 Å². The van der Waals surface area contributed by atoms with Crippen LogP contribution in [0.25, 0.3) is 0 Å². The zero-order valence-corrected chi connectivity index (χ0v) is 13.7. The fourth-order valence-electron chi connectivity index (χ4n) is 3.60. The van der Waals surface area contributed by atoms with Gasteiger partial charge in [-0.15, -0.1) is 0 Å². The van der Waals surface area contributed by atoms with Gasteiger partial charge in [0, 0.05) is 10.5 Å². The zero-order chi connectivity index (χ0) is 13.7. The summed E-state index contributed by atoms with van der Waals surface area (Å²) in [6, 6.07) is 9.50. The molecule has 0 amide bonds. The van der Waals surface area contributed by atoms with Crippen LogP contribution < -0.4 is 5.32 Å². The van der Waals surface area contributed by atoms with Crippen molar-refractivity contribution < 1.29 is 0 Å². The molecule has 1 aliphatic carbocycles. The molecule has 2 rings (SSSR count). The third-order valence-electron chi connectivity index (χ3n) is 4.55. The van der Waals surface area contributed by atoms with Crippen LogP contribution >= 0.6 is 15.9 Å². The van der Waals surface area contributed by atoms with Crippen molar-refractivity contribution in [1.82, 2.24) is 5.32 Å². The number of hydrogen-bond acceptors (Lipinski definition) is 1. The van der Waals surface area contributed by atoms with E-state index in [9.17, 15) is 0 Å². The van der Waals surface area contributed by atoms with Gasteiger partial charge >= 0.3 is 0 Å². The second-order valence-electron chi connectivity index (χ2n) is 5.96. The highest BCUT2D eigenvalue weighted by Crippen LogP contribution is 2.34. The van der Waals surface area contributed by atoms with Gasteiger partial charge in [0.05, 0.1) is 0 Å². The SMILES string of the molecule is CCCC1CCC(NC)C(Cc2cccc(Br)c2)C1. The summed E-state index contributed by atoms with van der Waals surface area (Å²) in [5.41, 5.74) is 1.47. The molecular formula is C17H26BrN. The van der Waals surface area contributed by atoms with Gasteiger partial charge in [-0.05, 0) is 62.3 Å². The summed E-state index contributed by atoms with van der Waals surface area (Å²) in [4.78, 5) is 0. The van der Waals surface area contributed by atoms with Crippen molar-refractivity contribution in [2.45, 2.75) is 51.5 Å². The molecular weight excluding hydrogens is 298 g/mol. The second kappa shape index (κ2) is 7.44. The van der Waals surface area contributed by atoms with Crippen molar-refractivity contribution in [1.29, 1.82) is 0 Å². The van der Waals surface area contributed by atoms with E-state index in [1.54, 1.807) is 0 Å². The molecule has 0 heterocycles. The van der Waals surface area contributed by atoms with Gasteiger partial charge in [-0.1, -0.05) is 47.8 Å². The summed E-state index contributed by atoms with van der Waals surface area (Å²) in [6.45, 7) is 2.31. The minimum atomic E-state index is 0.701. The normalized spacial score (nSPS) is 27.4. The van der Waals surface area contributed by atoms with E-state index in [2.05, 4.69) is 59.5 Å². The number of hydrogen-bond donors (Lipinski definition) is 1. The molecule has 1 aliphatic rings. The van der Waals surface area contributed by atoms with Crippen LogP contribution in [-0.2, 0) is 6.42 Å². The minimum absolute atomic E-state index is 0.701. The maximum absolute atomic E-state index is 3.58. The maximum Gasteiger partial charge on any atom is 0.0177 e. The fraction of sp³-hybridized carbons (Fsp3) is 0.647. The Morgan fingerprint density at radius 1 is 1.32 bits per heavy atom. The molecule has 106 valence electrons. The predicted octanol–water partition coefficient (Wildman–Crippen LogP) is 4.80. The highest BCUT2D eigenvalue weighted by Gasteiger charge is 2.29. The van der Waals surface area contributed by atoms with Crippen LogP contribution in [0.2, 0.25) is 0 Å². The highest BCUT2D eigenvalue weighted by atomic mass is 79.9. The number of halogens is 1. The van der Waals surface area contributed by atoms with Gasteiger partial charge in [0.1, 0.15) is 0 Å². The van der Waals surface area contributed by atoms with E-state index < -0.39 is 0 Å². The molecule has 1 aromatic rings. The summed E-state index contributed by atoms with van der Waals surface area (Å²) < 4.78 is 1.20. The van der Waals surface area contributed by atoms with Crippen LogP contribution in [0.15, 0.2) is 28.7 Å². The molecule has 1 aromatic carbocycles. The Labute approximate surface area is 126 Å². The minimum Gasteiger partial charge on any atom is -0.317 e. The Morgan fingerprint density at radius 3 is 2.84 bits per heavy atom. The molecule has 0 spiro atoms. The highest BCUT2D eigenvalue weighted by molar-refractivity contribution is 9.10. The Morgan fingerprint density at radius 2 is 2.16 bits per heavy atom. The van der Waals surface area contributed by atoms with Gasteiger partial charge in [-0.2, -0.15) is 0 Å². The summed E-state index contributed by atoms with van der Waals surface area (Å²) in [5.74, 6) is 1.75. The van der Waals surface area contributed by atoms with Gasteiger partial charge in [0.25, 0.3) is 0 Å². The lowest BCUT2D eigenvalue weighted by atomic mass is 9.74. The van der Waals surface area contributed by atoms with E-state index in [4.69, 9.17) is 0 Å². The molecule has 3 atom stereocenters. The van der Waals surface area contributed by atoms with Gasteiger partial charge < -0.3 is 5.32 Å². The van der Waals surface area contributed by atoms with E-state index in [1.807, 2.05) is 0 Å². The molecule has 2 heteroatoms. The lowest BCUT2D eigenvalue weighted by Crippen LogP contribution is -2.39. The van der Waals surface area contributed by atoms with Crippen molar-refractivity contribution in [3.63, 3.8) is 0 Å². The molecule has 0 radical (unpaired) electrons. The summed E-state index contributed by atoms with van der Waals surface area (Å²) in [6.07, 6.45) is 8.11. The van der Waals surface area contributed by atoms with E-state index in [0.717, 1.165) is 11.8 Å². The number of nitrogens with one attached hydrogen (secondary N) is 1. The van der Waals surface area contributed by atoms with Crippen molar-refractivity contribution >= 4 is 15.9 Å². The molecule has 3 unspecified atom stereocenters. The Hall–Kier alpha value is -0.340. The maximum atomic E-state index is 3.58. The number of rotatable bonds is 5. The van der Waals surface area contributed by atoms with Crippen molar-refractivity contribution in [3.8, 4) is 0 Å². The van der Waals surface area contributed by atoms with Crippen molar-refractivity contribution in [3.05, 3.63) is 34.3 Å². The zero-order valence-electron chi connectivity index (χ0n) is 12.2. The second-order valence-corrected chi connectivity index (χ2v) is 6.87. The lowest BCUT2D eigenvalue weighted by molar-refractivity contribution is 0.200. The van der Waals surface area contributed by atoms with Crippen LogP contribution in [-0.4, -0.2) is 13.1 Å². The predicted molar refractivity (Wildman–Crippen MR) is 86.4 cm³/mol. The van der Waals surface area contributed by atoms with Gasteiger partial charge in [-0.3, -0.25) is 0 Å². The van der Waals surface area contributed by atoms with E-state index in [-0.39, 0.29) is 0 Å². The first kappa shape index (κ1) is 15.1. The van der Waals surface area contributed by atoms with Crippen LogP contribution in [0.4, 0.5) is 0 Å². The molecule has 0 bridgehead atoms. The van der Waals surface area contributed by atoms with Crippen LogP contribution in [0.5, 0.6) is 0 Å². The molecule has 1 fully saturated rings. The van der Waals surface area contributed by atoms with Crippen molar-refractivity contribution in [2.24, 2.45) is 11.8 Å². The largest absolute Gasteiger partial charge is 0.317 e. The lowest BCUT2D eigenvalue weighted by Gasteiger charge is -2.36. The average molecular weight is 324 g/mol. The van der Waals surface area contributed by atoms with Crippen molar-refractivity contribution in [2.75, 3.05) is 7.05 Å². The van der Waals surface area contributed by atoms with E-state index in [1.165, 1.54) is 48.6 Å². The molecule has 1 nitrogen and oxygen atoms in total. The quantitative estimate of drug-likeness (QED) is 0.821. The first-order chi connectivity index (χ1) is 9.22. The summed E-state index contributed by atoms with van der Waals surface area (Å²) in [5, 5.41) is 3.54. The van der Waals surface area contributed by atoms with E-state index >= 15 is 0 Å². The summed E-state index contributed by atoms with van der Waals surface area (Å²) >= 11 is 3.58. The topological polar surface area (TPSA) is 12.0 Å². The fourth-order valence-corrected chi connectivity index (χ4v) is 4.05. The Bertz CT molecular complexity index is 391. The smallest absolute Gasteiger partial charge is 0.0177 e.